The molecule has 0 bridgehead atoms. The van der Waals surface area contributed by atoms with Gasteiger partial charge >= 0.3 is 0 Å². The highest BCUT2D eigenvalue weighted by atomic mass is 14.9. The van der Waals surface area contributed by atoms with Crippen molar-refractivity contribution < 1.29 is 0 Å². The van der Waals surface area contributed by atoms with Crippen molar-refractivity contribution in [2.45, 2.75) is 46.6 Å². The third-order valence-electron chi connectivity index (χ3n) is 1.57. The van der Waals surface area contributed by atoms with E-state index >= 15 is 0 Å². The molecule has 0 radical (unpaired) electrons. The largest absolute Gasteiger partial charge is 0.314 e. The van der Waals surface area contributed by atoms with Crippen LogP contribution in [-0.4, -0.2) is 12.6 Å². The van der Waals surface area contributed by atoms with Gasteiger partial charge in [0.25, 0.3) is 0 Å². The summed E-state index contributed by atoms with van der Waals surface area (Å²) < 4.78 is 0. The SMILES string of the molecule is CCCNC(C)CC(C)C. The van der Waals surface area contributed by atoms with Crippen molar-refractivity contribution in [2.75, 3.05) is 6.54 Å². The van der Waals surface area contributed by atoms with Gasteiger partial charge < -0.3 is 5.32 Å². The molecule has 10 heavy (non-hydrogen) atoms. The Morgan fingerprint density at radius 2 is 1.80 bits per heavy atom. The van der Waals surface area contributed by atoms with E-state index in [4.69, 9.17) is 0 Å². The van der Waals surface area contributed by atoms with Crippen molar-refractivity contribution >= 4 is 0 Å². The summed E-state index contributed by atoms with van der Waals surface area (Å²) >= 11 is 0. The molecule has 0 aliphatic rings. The van der Waals surface area contributed by atoms with Crippen molar-refractivity contribution in [3.8, 4) is 0 Å². The second-order valence-corrected chi connectivity index (χ2v) is 3.48. The average molecular weight is 143 g/mol. The maximum absolute atomic E-state index is 3.46. The van der Waals surface area contributed by atoms with Gasteiger partial charge in [0.2, 0.25) is 0 Å². The molecule has 0 rings (SSSR count). The highest BCUT2D eigenvalue weighted by molar-refractivity contribution is 4.61. The standard InChI is InChI=1S/C9H21N/c1-5-6-10-9(4)7-8(2)3/h8-10H,5-7H2,1-4H3. The van der Waals surface area contributed by atoms with Crippen LogP contribution >= 0.6 is 0 Å². The van der Waals surface area contributed by atoms with Gasteiger partial charge in [-0.1, -0.05) is 20.8 Å². The molecule has 0 aliphatic heterocycles. The van der Waals surface area contributed by atoms with Crippen molar-refractivity contribution in [1.82, 2.24) is 5.32 Å². The second kappa shape index (κ2) is 5.72. The summed E-state index contributed by atoms with van der Waals surface area (Å²) in [4.78, 5) is 0. The van der Waals surface area contributed by atoms with Gasteiger partial charge in [-0.3, -0.25) is 0 Å². The van der Waals surface area contributed by atoms with E-state index in [-0.39, 0.29) is 0 Å². The molecule has 1 nitrogen and oxygen atoms in total. The van der Waals surface area contributed by atoms with Gasteiger partial charge in [0.15, 0.2) is 0 Å². The summed E-state index contributed by atoms with van der Waals surface area (Å²) in [5, 5.41) is 3.46. The summed E-state index contributed by atoms with van der Waals surface area (Å²) in [5.74, 6) is 0.819. The van der Waals surface area contributed by atoms with E-state index in [0.29, 0.717) is 6.04 Å². The molecule has 0 aromatic carbocycles. The van der Waals surface area contributed by atoms with Gasteiger partial charge in [0.1, 0.15) is 0 Å². The Hall–Kier alpha value is -0.0400. The number of hydrogen-bond donors (Lipinski definition) is 1. The summed E-state index contributed by atoms with van der Waals surface area (Å²) in [5.41, 5.74) is 0. The highest BCUT2D eigenvalue weighted by Crippen LogP contribution is 2.03. The molecule has 1 unspecified atom stereocenters. The molecule has 62 valence electrons. The summed E-state index contributed by atoms with van der Waals surface area (Å²) in [7, 11) is 0. The molecule has 1 heteroatoms. The normalized spacial score (nSPS) is 14.1. The van der Waals surface area contributed by atoms with Crippen LogP contribution < -0.4 is 5.32 Å². The minimum atomic E-state index is 0.694. The van der Waals surface area contributed by atoms with Crippen molar-refractivity contribution in [2.24, 2.45) is 5.92 Å². The Labute approximate surface area is 65.2 Å². The van der Waals surface area contributed by atoms with Crippen LogP contribution in [0.5, 0.6) is 0 Å². The quantitative estimate of drug-likeness (QED) is 0.623. The van der Waals surface area contributed by atoms with Crippen LogP contribution in [-0.2, 0) is 0 Å². The predicted octanol–water partition coefficient (Wildman–Crippen LogP) is 2.42. The van der Waals surface area contributed by atoms with Gasteiger partial charge in [-0.2, -0.15) is 0 Å². The fourth-order valence-corrected chi connectivity index (χ4v) is 1.18. The fraction of sp³-hybridized carbons (Fsp3) is 1.00. The van der Waals surface area contributed by atoms with E-state index in [0.717, 1.165) is 12.5 Å². The maximum Gasteiger partial charge on any atom is 0.00411 e. The lowest BCUT2D eigenvalue weighted by atomic mass is 10.1. The zero-order chi connectivity index (χ0) is 7.98. The fourth-order valence-electron chi connectivity index (χ4n) is 1.18. The van der Waals surface area contributed by atoms with E-state index in [1.54, 1.807) is 0 Å². The first-order valence-electron chi connectivity index (χ1n) is 4.40. The summed E-state index contributed by atoms with van der Waals surface area (Å²) in [6.45, 7) is 10.2. The van der Waals surface area contributed by atoms with Gasteiger partial charge in [-0.15, -0.1) is 0 Å². The Morgan fingerprint density at radius 1 is 1.20 bits per heavy atom. The topological polar surface area (TPSA) is 12.0 Å². The number of nitrogens with one attached hydrogen (secondary N) is 1. The molecule has 0 spiro atoms. The van der Waals surface area contributed by atoms with Crippen LogP contribution in [0.3, 0.4) is 0 Å². The van der Waals surface area contributed by atoms with E-state index in [2.05, 4.69) is 33.0 Å². The van der Waals surface area contributed by atoms with E-state index in [1.165, 1.54) is 12.8 Å². The third kappa shape index (κ3) is 6.09. The molecule has 0 aliphatic carbocycles. The minimum Gasteiger partial charge on any atom is -0.314 e. The highest BCUT2D eigenvalue weighted by Gasteiger charge is 2.01. The van der Waals surface area contributed by atoms with E-state index in [9.17, 15) is 0 Å². The molecule has 1 N–H and O–H groups in total. The first-order chi connectivity index (χ1) is 4.66. The Balaban J connectivity index is 3.16. The third-order valence-corrected chi connectivity index (χ3v) is 1.57. The van der Waals surface area contributed by atoms with Crippen LogP contribution in [0.1, 0.15) is 40.5 Å². The molecule has 0 fully saturated rings. The molecular formula is C9H21N. The number of rotatable bonds is 5. The van der Waals surface area contributed by atoms with Gasteiger partial charge in [-0.25, -0.2) is 0 Å². The molecule has 0 saturated carbocycles. The van der Waals surface area contributed by atoms with Crippen molar-refractivity contribution in [1.29, 1.82) is 0 Å². The van der Waals surface area contributed by atoms with Crippen LogP contribution in [0.25, 0.3) is 0 Å². The number of hydrogen-bond acceptors (Lipinski definition) is 1. The second-order valence-electron chi connectivity index (χ2n) is 3.48. The zero-order valence-corrected chi connectivity index (χ0v) is 7.78. The lowest BCUT2D eigenvalue weighted by Crippen LogP contribution is -2.27. The lowest BCUT2D eigenvalue weighted by molar-refractivity contribution is 0.443. The van der Waals surface area contributed by atoms with E-state index < -0.39 is 0 Å². The molecule has 0 aromatic heterocycles. The van der Waals surface area contributed by atoms with Crippen LogP contribution in [0.2, 0.25) is 0 Å². The monoisotopic (exact) mass is 143 g/mol. The van der Waals surface area contributed by atoms with Crippen LogP contribution in [0.15, 0.2) is 0 Å². The average Bonchev–Trinajstić information content (AvgIpc) is 1.82. The Kier molecular flexibility index (Phi) is 5.70. The summed E-state index contributed by atoms with van der Waals surface area (Å²) in [6.07, 6.45) is 2.53. The van der Waals surface area contributed by atoms with Gasteiger partial charge in [-0.05, 0) is 32.2 Å². The molecule has 0 saturated heterocycles. The van der Waals surface area contributed by atoms with E-state index in [1.807, 2.05) is 0 Å². The minimum absolute atomic E-state index is 0.694. The molecule has 1 atom stereocenters. The van der Waals surface area contributed by atoms with Crippen molar-refractivity contribution in [3.05, 3.63) is 0 Å². The molecule has 0 aromatic rings. The molecule has 0 amide bonds. The Bertz CT molecular complexity index is 69.1. The van der Waals surface area contributed by atoms with Gasteiger partial charge in [0.05, 0.1) is 0 Å². The zero-order valence-electron chi connectivity index (χ0n) is 7.78. The van der Waals surface area contributed by atoms with Crippen LogP contribution in [0, 0.1) is 5.92 Å². The molecular weight excluding hydrogens is 122 g/mol. The van der Waals surface area contributed by atoms with Crippen LogP contribution in [0.4, 0.5) is 0 Å². The first kappa shape index (κ1) is 9.96. The smallest absolute Gasteiger partial charge is 0.00411 e. The summed E-state index contributed by atoms with van der Waals surface area (Å²) in [6, 6.07) is 0.694. The van der Waals surface area contributed by atoms with Gasteiger partial charge in [0, 0.05) is 6.04 Å². The lowest BCUT2D eigenvalue weighted by Gasteiger charge is -2.14. The Morgan fingerprint density at radius 3 is 2.20 bits per heavy atom. The first-order valence-corrected chi connectivity index (χ1v) is 4.40. The predicted molar refractivity (Wildman–Crippen MR) is 47.2 cm³/mol. The van der Waals surface area contributed by atoms with Crippen molar-refractivity contribution in [3.63, 3.8) is 0 Å². The molecule has 0 heterocycles. The maximum atomic E-state index is 3.46.